The Morgan fingerprint density at radius 3 is 2.40 bits per heavy atom. The Labute approximate surface area is 121 Å². The van der Waals surface area contributed by atoms with Crippen LogP contribution in [0, 0.1) is 0 Å². The Bertz CT molecular complexity index is 679. The van der Waals surface area contributed by atoms with Gasteiger partial charge in [0.25, 0.3) is 0 Å². The second-order valence-electron chi connectivity index (χ2n) is 4.22. The minimum absolute atomic E-state index is 0.00840. The van der Waals surface area contributed by atoms with Gasteiger partial charge in [-0.15, -0.1) is 0 Å². The molecule has 104 valence electrons. The number of ether oxygens (including phenoxy) is 1. The van der Waals surface area contributed by atoms with Gasteiger partial charge in [0.1, 0.15) is 5.75 Å². The minimum Gasteiger partial charge on any atom is -0.423 e. The van der Waals surface area contributed by atoms with Crippen LogP contribution in [0.2, 0.25) is 5.02 Å². The van der Waals surface area contributed by atoms with Crippen molar-refractivity contribution in [3.05, 3.63) is 59.1 Å². The van der Waals surface area contributed by atoms with Crippen molar-refractivity contribution in [2.45, 2.75) is 0 Å². The second kappa shape index (κ2) is 5.80. The lowest BCUT2D eigenvalue weighted by molar-refractivity contribution is 0.0736. The van der Waals surface area contributed by atoms with E-state index in [1.54, 1.807) is 30.3 Å². The first kappa shape index (κ1) is 14.8. The summed E-state index contributed by atoms with van der Waals surface area (Å²) in [5, 5.41) is 0.0745. The van der Waals surface area contributed by atoms with Crippen molar-refractivity contribution >= 4 is 30.2 Å². The van der Waals surface area contributed by atoms with Crippen LogP contribution in [0.1, 0.15) is 10.4 Å². The van der Waals surface area contributed by atoms with Gasteiger partial charge in [-0.2, -0.15) is 0 Å². The number of carbonyl (C=O) groups excluding carboxylic acids is 1. The van der Waals surface area contributed by atoms with Gasteiger partial charge < -0.3 is 9.63 Å². The standard InChI is InChI=1S/C14H12ClO4P/c1-20(17,18)12-9-5-8-11(15)13(12)14(16)19-10-6-3-2-4-7-10/h2-9H,1H3,(H,17,18). The van der Waals surface area contributed by atoms with Crippen LogP contribution in [-0.2, 0) is 4.57 Å². The van der Waals surface area contributed by atoms with Crippen LogP contribution in [-0.4, -0.2) is 17.5 Å². The van der Waals surface area contributed by atoms with Crippen molar-refractivity contribution in [1.82, 2.24) is 0 Å². The SMILES string of the molecule is CP(=O)(O)c1cccc(Cl)c1C(=O)Oc1ccccc1. The number of halogens is 1. The first-order chi connectivity index (χ1) is 9.39. The molecule has 0 saturated heterocycles. The Morgan fingerprint density at radius 2 is 1.80 bits per heavy atom. The summed E-state index contributed by atoms with van der Waals surface area (Å²) >= 11 is 5.96. The van der Waals surface area contributed by atoms with Gasteiger partial charge >= 0.3 is 5.97 Å². The lowest BCUT2D eigenvalue weighted by Gasteiger charge is -2.13. The summed E-state index contributed by atoms with van der Waals surface area (Å²) in [5.74, 6) is -0.417. The zero-order valence-electron chi connectivity index (χ0n) is 10.6. The monoisotopic (exact) mass is 310 g/mol. The van der Waals surface area contributed by atoms with Gasteiger partial charge in [-0.25, -0.2) is 4.79 Å². The number of hydrogen-bond acceptors (Lipinski definition) is 3. The molecule has 1 N–H and O–H groups in total. The molecular formula is C14H12ClO4P. The Morgan fingerprint density at radius 1 is 1.15 bits per heavy atom. The van der Waals surface area contributed by atoms with E-state index in [1.165, 1.54) is 18.2 Å². The van der Waals surface area contributed by atoms with Crippen molar-refractivity contribution in [3.63, 3.8) is 0 Å². The summed E-state index contributed by atoms with van der Waals surface area (Å²) in [7, 11) is -3.63. The first-order valence-electron chi connectivity index (χ1n) is 5.76. The van der Waals surface area contributed by atoms with Gasteiger partial charge in [-0.3, -0.25) is 4.57 Å². The molecule has 0 aliphatic heterocycles. The van der Waals surface area contributed by atoms with Crippen molar-refractivity contribution in [1.29, 1.82) is 0 Å². The third-order valence-electron chi connectivity index (χ3n) is 2.60. The van der Waals surface area contributed by atoms with Gasteiger partial charge in [0.15, 0.2) is 0 Å². The first-order valence-corrected chi connectivity index (χ1v) is 8.24. The Kier molecular flexibility index (Phi) is 4.29. The quantitative estimate of drug-likeness (QED) is 0.537. The molecule has 4 nitrogen and oxygen atoms in total. The van der Waals surface area contributed by atoms with Crippen molar-refractivity contribution in [3.8, 4) is 5.75 Å². The molecule has 1 atom stereocenters. The van der Waals surface area contributed by atoms with E-state index in [0.717, 1.165) is 6.66 Å². The molecule has 6 heteroatoms. The molecule has 0 aromatic heterocycles. The predicted molar refractivity (Wildman–Crippen MR) is 78.2 cm³/mol. The number of benzene rings is 2. The second-order valence-corrected chi connectivity index (χ2v) is 6.86. The number of rotatable bonds is 3. The maximum atomic E-state index is 12.2. The molecule has 2 rings (SSSR count). The minimum atomic E-state index is -3.63. The molecule has 0 saturated carbocycles. The number of para-hydroxylation sites is 1. The number of esters is 1. The van der Waals surface area contributed by atoms with Crippen molar-refractivity contribution < 1.29 is 19.0 Å². The molecule has 0 radical (unpaired) electrons. The zero-order valence-corrected chi connectivity index (χ0v) is 12.3. The van der Waals surface area contributed by atoms with Gasteiger partial charge in [-0.1, -0.05) is 35.9 Å². The molecule has 0 fully saturated rings. The van der Waals surface area contributed by atoms with E-state index in [0.29, 0.717) is 5.75 Å². The molecule has 0 bridgehead atoms. The summed E-state index contributed by atoms with van der Waals surface area (Å²) < 4.78 is 17.0. The van der Waals surface area contributed by atoms with Gasteiger partial charge in [-0.05, 0) is 24.3 Å². The summed E-state index contributed by atoms with van der Waals surface area (Å²) in [4.78, 5) is 21.9. The molecule has 0 spiro atoms. The fourth-order valence-electron chi connectivity index (χ4n) is 1.71. The van der Waals surface area contributed by atoms with Gasteiger partial charge in [0.2, 0.25) is 7.37 Å². The molecule has 0 aliphatic carbocycles. The Hall–Kier alpha value is -1.61. The summed E-state index contributed by atoms with van der Waals surface area (Å²) in [6, 6.07) is 12.8. The summed E-state index contributed by atoms with van der Waals surface area (Å²) in [5.41, 5.74) is -0.0775. The van der Waals surface area contributed by atoms with Crippen LogP contribution >= 0.6 is 19.0 Å². The third kappa shape index (κ3) is 3.28. The molecular weight excluding hydrogens is 299 g/mol. The maximum Gasteiger partial charge on any atom is 0.345 e. The van der Waals surface area contributed by atoms with E-state index in [9.17, 15) is 14.3 Å². The lowest BCUT2D eigenvalue weighted by Crippen LogP contribution is -2.20. The van der Waals surface area contributed by atoms with Crippen LogP contribution in [0.15, 0.2) is 48.5 Å². The highest BCUT2D eigenvalue weighted by atomic mass is 35.5. The van der Waals surface area contributed by atoms with Crippen LogP contribution in [0.25, 0.3) is 0 Å². The van der Waals surface area contributed by atoms with Crippen LogP contribution in [0.4, 0.5) is 0 Å². The molecule has 1 unspecified atom stereocenters. The number of hydrogen-bond donors (Lipinski definition) is 1. The predicted octanol–water partition coefficient (Wildman–Crippen LogP) is 3.08. The molecule has 0 heterocycles. The lowest BCUT2D eigenvalue weighted by atomic mass is 10.2. The smallest absolute Gasteiger partial charge is 0.345 e. The molecule has 0 aliphatic rings. The van der Waals surface area contributed by atoms with Crippen molar-refractivity contribution in [2.24, 2.45) is 0 Å². The van der Waals surface area contributed by atoms with E-state index >= 15 is 0 Å². The topological polar surface area (TPSA) is 63.6 Å². The van der Waals surface area contributed by atoms with Gasteiger partial charge in [0.05, 0.1) is 15.9 Å². The number of carbonyl (C=O) groups is 1. The van der Waals surface area contributed by atoms with Gasteiger partial charge in [0, 0.05) is 6.66 Å². The summed E-state index contributed by atoms with van der Waals surface area (Å²) in [6.07, 6.45) is 0. The summed E-state index contributed by atoms with van der Waals surface area (Å²) in [6.45, 7) is 1.15. The highest BCUT2D eigenvalue weighted by molar-refractivity contribution is 7.65. The normalized spacial score (nSPS) is 13.6. The van der Waals surface area contributed by atoms with E-state index in [1.807, 2.05) is 0 Å². The molecule has 0 amide bonds. The average Bonchev–Trinajstić information content (AvgIpc) is 2.38. The molecule has 20 heavy (non-hydrogen) atoms. The Balaban J connectivity index is 2.42. The van der Waals surface area contributed by atoms with E-state index in [-0.39, 0.29) is 15.9 Å². The maximum absolute atomic E-state index is 12.2. The van der Waals surface area contributed by atoms with Crippen LogP contribution in [0.3, 0.4) is 0 Å². The van der Waals surface area contributed by atoms with Crippen LogP contribution in [0.5, 0.6) is 5.75 Å². The van der Waals surface area contributed by atoms with E-state index in [2.05, 4.69) is 0 Å². The fourth-order valence-corrected chi connectivity index (χ4v) is 3.01. The van der Waals surface area contributed by atoms with E-state index < -0.39 is 13.3 Å². The molecule has 2 aromatic rings. The molecule has 2 aromatic carbocycles. The third-order valence-corrected chi connectivity index (χ3v) is 4.18. The largest absolute Gasteiger partial charge is 0.423 e. The van der Waals surface area contributed by atoms with Crippen molar-refractivity contribution in [2.75, 3.05) is 6.66 Å². The van der Waals surface area contributed by atoms with E-state index in [4.69, 9.17) is 16.3 Å². The highest BCUT2D eigenvalue weighted by Crippen LogP contribution is 2.37. The average molecular weight is 311 g/mol. The van der Waals surface area contributed by atoms with Crippen LogP contribution < -0.4 is 10.0 Å². The zero-order chi connectivity index (χ0) is 14.8. The highest BCUT2D eigenvalue weighted by Gasteiger charge is 2.26. The fraction of sp³-hybridized carbons (Fsp3) is 0.0714.